The number of hydrogen-bond acceptors (Lipinski definition) is 2. The van der Waals surface area contributed by atoms with E-state index in [1.165, 1.54) is 10.5 Å². The van der Waals surface area contributed by atoms with Gasteiger partial charge in [0.15, 0.2) is 0 Å². The molecule has 0 bridgehead atoms. The van der Waals surface area contributed by atoms with Crippen LogP contribution in [-0.2, 0) is 4.79 Å². The Morgan fingerprint density at radius 2 is 2.05 bits per heavy atom. The molecule has 0 radical (unpaired) electrons. The Morgan fingerprint density at radius 1 is 1.40 bits per heavy atom. The summed E-state index contributed by atoms with van der Waals surface area (Å²) in [5.74, 6) is -0.963. The van der Waals surface area contributed by atoms with Crippen molar-refractivity contribution < 1.29 is 14.7 Å². The number of rotatable bonds is 4. The molecule has 5 heteroatoms. The molecule has 2 amide bonds. The number of nitrogens with zero attached hydrogens (tertiary/aromatic N) is 2. The third kappa shape index (κ3) is 4.54. The van der Waals surface area contributed by atoms with Crippen molar-refractivity contribution in [1.29, 1.82) is 0 Å². The van der Waals surface area contributed by atoms with Crippen LogP contribution in [0.1, 0.15) is 40.5 Å². The van der Waals surface area contributed by atoms with E-state index < -0.39 is 5.97 Å². The van der Waals surface area contributed by atoms with Gasteiger partial charge in [-0.25, -0.2) is 4.79 Å². The molecule has 0 atom stereocenters. The Labute approximate surface area is 121 Å². The van der Waals surface area contributed by atoms with Crippen molar-refractivity contribution in [3.8, 4) is 0 Å². The quantitative estimate of drug-likeness (QED) is 0.806. The zero-order chi connectivity index (χ0) is 15.3. The molecular weight excluding hydrogens is 256 g/mol. The number of amides is 2. The van der Waals surface area contributed by atoms with Gasteiger partial charge in [-0.15, -0.1) is 0 Å². The van der Waals surface area contributed by atoms with Crippen molar-refractivity contribution in [3.05, 3.63) is 11.6 Å². The van der Waals surface area contributed by atoms with E-state index in [0.717, 1.165) is 12.8 Å². The van der Waals surface area contributed by atoms with Crippen molar-refractivity contribution in [1.82, 2.24) is 9.80 Å². The molecule has 5 nitrogen and oxygen atoms in total. The molecule has 114 valence electrons. The average Bonchev–Trinajstić information content (AvgIpc) is 2.36. The highest BCUT2D eigenvalue weighted by molar-refractivity contribution is 5.80. The monoisotopic (exact) mass is 282 g/mol. The minimum Gasteiger partial charge on any atom is -0.480 e. The summed E-state index contributed by atoms with van der Waals surface area (Å²) >= 11 is 0. The van der Waals surface area contributed by atoms with Crippen LogP contribution in [-0.4, -0.2) is 53.1 Å². The van der Waals surface area contributed by atoms with Gasteiger partial charge in [-0.1, -0.05) is 39.3 Å². The minimum absolute atomic E-state index is 0.138. The Bertz CT molecular complexity index is 396. The summed E-state index contributed by atoms with van der Waals surface area (Å²) in [7, 11) is 0. The number of carbonyl (C=O) groups is 2. The Kier molecular flexibility index (Phi) is 5.60. The molecule has 0 aromatic rings. The molecule has 0 fully saturated rings. The van der Waals surface area contributed by atoms with Crippen LogP contribution in [0, 0.1) is 5.41 Å². The normalized spacial score (nSPS) is 15.8. The summed E-state index contributed by atoms with van der Waals surface area (Å²) in [4.78, 5) is 26.3. The fraction of sp³-hybridized carbons (Fsp3) is 0.733. The van der Waals surface area contributed by atoms with Crippen LogP contribution in [0.3, 0.4) is 0 Å². The van der Waals surface area contributed by atoms with Gasteiger partial charge in [0.25, 0.3) is 0 Å². The van der Waals surface area contributed by atoms with E-state index in [0.29, 0.717) is 19.6 Å². The first-order valence-corrected chi connectivity index (χ1v) is 7.21. The highest BCUT2D eigenvalue weighted by atomic mass is 16.4. The fourth-order valence-corrected chi connectivity index (χ4v) is 2.40. The molecule has 0 aromatic heterocycles. The maximum absolute atomic E-state index is 12.3. The van der Waals surface area contributed by atoms with E-state index in [1.54, 1.807) is 4.90 Å². The molecule has 1 heterocycles. The van der Waals surface area contributed by atoms with Crippen molar-refractivity contribution in [3.63, 3.8) is 0 Å². The van der Waals surface area contributed by atoms with Gasteiger partial charge in [0, 0.05) is 19.6 Å². The average molecular weight is 282 g/mol. The number of hydrogen-bond donors (Lipinski definition) is 1. The van der Waals surface area contributed by atoms with Crippen LogP contribution in [0.4, 0.5) is 4.79 Å². The van der Waals surface area contributed by atoms with E-state index in [-0.39, 0.29) is 18.0 Å². The summed E-state index contributed by atoms with van der Waals surface area (Å²) in [6.45, 7) is 9.96. The second kappa shape index (κ2) is 6.77. The van der Waals surface area contributed by atoms with E-state index in [4.69, 9.17) is 5.11 Å². The van der Waals surface area contributed by atoms with Gasteiger partial charge in [-0.2, -0.15) is 0 Å². The molecule has 0 saturated carbocycles. The summed E-state index contributed by atoms with van der Waals surface area (Å²) in [6.07, 6.45) is 3.73. The minimum atomic E-state index is -0.963. The van der Waals surface area contributed by atoms with Gasteiger partial charge in [-0.3, -0.25) is 4.79 Å². The summed E-state index contributed by atoms with van der Waals surface area (Å²) in [5, 5.41) is 8.88. The molecule has 1 aliphatic heterocycles. The van der Waals surface area contributed by atoms with Crippen molar-refractivity contribution in [2.24, 2.45) is 5.41 Å². The summed E-state index contributed by atoms with van der Waals surface area (Å²) < 4.78 is 0. The predicted molar refractivity (Wildman–Crippen MR) is 78.6 cm³/mol. The second-order valence-electron chi connectivity index (χ2n) is 6.27. The number of carboxylic acids is 1. The molecule has 0 unspecified atom stereocenters. The van der Waals surface area contributed by atoms with E-state index in [2.05, 4.69) is 26.8 Å². The number of urea groups is 1. The highest BCUT2D eigenvalue weighted by Crippen LogP contribution is 2.30. The zero-order valence-electron chi connectivity index (χ0n) is 13.0. The van der Waals surface area contributed by atoms with Gasteiger partial charge in [-0.05, 0) is 18.3 Å². The van der Waals surface area contributed by atoms with E-state index in [9.17, 15) is 9.59 Å². The van der Waals surface area contributed by atoms with E-state index in [1.807, 2.05) is 6.92 Å². The first-order valence-electron chi connectivity index (χ1n) is 7.21. The SMILES string of the molecule is CCCN(CC(=O)O)C(=O)N1CC=C(C(C)(C)C)CC1. The van der Waals surface area contributed by atoms with E-state index >= 15 is 0 Å². The second-order valence-corrected chi connectivity index (χ2v) is 6.27. The largest absolute Gasteiger partial charge is 0.480 e. The van der Waals surface area contributed by atoms with Gasteiger partial charge in [0.05, 0.1) is 0 Å². The third-order valence-corrected chi connectivity index (χ3v) is 3.53. The predicted octanol–water partition coefficient (Wildman–Crippen LogP) is 2.58. The molecule has 0 saturated heterocycles. The molecule has 1 N–H and O–H groups in total. The lowest BCUT2D eigenvalue weighted by Crippen LogP contribution is -2.47. The van der Waals surface area contributed by atoms with Crippen molar-refractivity contribution >= 4 is 12.0 Å². The number of carbonyl (C=O) groups excluding carboxylic acids is 1. The van der Waals surface area contributed by atoms with Crippen LogP contribution in [0.15, 0.2) is 11.6 Å². The standard InChI is InChI=1S/C15H26N2O3/c1-5-8-17(11-13(18)19)14(20)16-9-6-12(7-10-16)15(2,3)4/h6H,5,7-11H2,1-4H3,(H,18,19). The lowest BCUT2D eigenvalue weighted by Gasteiger charge is -2.34. The molecule has 0 aromatic carbocycles. The molecule has 1 rings (SSSR count). The highest BCUT2D eigenvalue weighted by Gasteiger charge is 2.26. The molecule has 1 aliphatic rings. The number of aliphatic carboxylic acids is 1. The molecule has 20 heavy (non-hydrogen) atoms. The lowest BCUT2D eigenvalue weighted by atomic mass is 9.83. The third-order valence-electron chi connectivity index (χ3n) is 3.53. The van der Waals surface area contributed by atoms with Gasteiger partial charge >= 0.3 is 12.0 Å². The summed E-state index contributed by atoms with van der Waals surface area (Å²) in [5.41, 5.74) is 1.50. The smallest absolute Gasteiger partial charge is 0.323 e. The van der Waals surface area contributed by atoms with Crippen LogP contribution >= 0.6 is 0 Å². The van der Waals surface area contributed by atoms with Gasteiger partial charge < -0.3 is 14.9 Å². The first-order chi connectivity index (χ1) is 9.25. The molecular formula is C15H26N2O3. The molecule has 0 spiro atoms. The van der Waals surface area contributed by atoms with Crippen molar-refractivity contribution in [2.75, 3.05) is 26.2 Å². The van der Waals surface area contributed by atoms with Crippen molar-refractivity contribution in [2.45, 2.75) is 40.5 Å². The molecule has 0 aliphatic carbocycles. The topological polar surface area (TPSA) is 60.9 Å². The van der Waals surface area contributed by atoms with Gasteiger partial charge in [0.2, 0.25) is 0 Å². The van der Waals surface area contributed by atoms with Gasteiger partial charge in [0.1, 0.15) is 6.54 Å². The maximum Gasteiger partial charge on any atom is 0.323 e. The zero-order valence-corrected chi connectivity index (χ0v) is 13.0. The Hall–Kier alpha value is -1.52. The van der Waals surface area contributed by atoms with Crippen LogP contribution < -0.4 is 0 Å². The first kappa shape index (κ1) is 16.5. The van der Waals surface area contributed by atoms with Crippen LogP contribution in [0.2, 0.25) is 0 Å². The fourth-order valence-electron chi connectivity index (χ4n) is 2.40. The van der Waals surface area contributed by atoms with Crippen LogP contribution in [0.25, 0.3) is 0 Å². The Morgan fingerprint density at radius 3 is 2.45 bits per heavy atom. The summed E-state index contributed by atoms with van der Waals surface area (Å²) in [6, 6.07) is -0.168. The lowest BCUT2D eigenvalue weighted by molar-refractivity contribution is -0.137. The number of carboxylic acid groups (broad SMARTS) is 1. The Balaban J connectivity index is 2.69. The maximum atomic E-state index is 12.3. The van der Waals surface area contributed by atoms with Crippen LogP contribution in [0.5, 0.6) is 0 Å².